The molecule has 0 atom stereocenters. The number of rotatable bonds is 5. The number of aliphatic carboxylic acids is 1. The average Bonchev–Trinajstić information content (AvgIpc) is 2.36. The number of nitrogens with zero attached hydrogens (tertiary/aromatic N) is 2. The normalized spacial score (nSPS) is 11.8. The van der Waals surface area contributed by atoms with E-state index in [4.69, 9.17) is 0 Å². The zero-order chi connectivity index (χ0) is 15.4. The number of carbonyl (C=O) groups excluding carboxylic acids is 1. The molecular weight excluding hydrogens is 260 g/mol. The van der Waals surface area contributed by atoms with E-state index in [9.17, 15) is 14.7 Å². The van der Waals surface area contributed by atoms with Gasteiger partial charge in [-0.25, -0.2) is 4.79 Å². The first-order chi connectivity index (χ1) is 9.17. The molecule has 1 aromatic heterocycles. The van der Waals surface area contributed by atoms with Crippen LogP contribution < -0.4 is 10.6 Å². The van der Waals surface area contributed by atoms with Crippen LogP contribution in [0, 0.1) is 5.41 Å². The standard InChI is InChI=1S/C13H20N4O3/c1-12(2,10(18)19)13(3,4)16-11(20)14-8-9-6-5-7-15-17-9/h5-7H,8H2,1-4H3,(H,18,19)(H2,14,16,20). The Bertz CT molecular complexity index is 486. The smallest absolute Gasteiger partial charge is 0.315 e. The predicted octanol–water partition coefficient (Wildman–Crippen LogP) is 1.17. The SMILES string of the molecule is CC(C)(NC(=O)NCc1cccnn1)C(C)(C)C(=O)O. The summed E-state index contributed by atoms with van der Waals surface area (Å²) in [5.74, 6) is -0.975. The molecule has 3 N–H and O–H groups in total. The minimum atomic E-state index is -1.10. The molecule has 110 valence electrons. The number of aromatic nitrogens is 2. The molecule has 0 aliphatic carbocycles. The van der Waals surface area contributed by atoms with Crippen LogP contribution in [-0.4, -0.2) is 32.8 Å². The van der Waals surface area contributed by atoms with Gasteiger partial charge in [0.05, 0.1) is 23.2 Å². The van der Waals surface area contributed by atoms with Crippen LogP contribution in [0.25, 0.3) is 0 Å². The molecule has 0 spiro atoms. The van der Waals surface area contributed by atoms with E-state index in [-0.39, 0.29) is 6.54 Å². The molecule has 0 aliphatic rings. The van der Waals surface area contributed by atoms with Crippen LogP contribution in [0.15, 0.2) is 18.3 Å². The lowest BCUT2D eigenvalue weighted by Crippen LogP contribution is -2.58. The Morgan fingerprint density at radius 1 is 1.30 bits per heavy atom. The number of carbonyl (C=O) groups is 2. The van der Waals surface area contributed by atoms with Crippen LogP contribution in [0.1, 0.15) is 33.4 Å². The molecule has 7 heteroatoms. The van der Waals surface area contributed by atoms with Gasteiger partial charge in [0.15, 0.2) is 0 Å². The third-order valence-electron chi connectivity index (χ3n) is 3.58. The summed E-state index contributed by atoms with van der Waals surface area (Å²) in [6.45, 7) is 6.70. The third kappa shape index (κ3) is 3.66. The first-order valence-electron chi connectivity index (χ1n) is 6.23. The van der Waals surface area contributed by atoms with Gasteiger partial charge >= 0.3 is 12.0 Å². The number of amides is 2. The van der Waals surface area contributed by atoms with E-state index in [0.717, 1.165) is 0 Å². The minimum absolute atomic E-state index is 0.225. The average molecular weight is 280 g/mol. The van der Waals surface area contributed by atoms with E-state index in [1.165, 1.54) is 0 Å². The van der Waals surface area contributed by atoms with E-state index in [2.05, 4.69) is 20.8 Å². The summed E-state index contributed by atoms with van der Waals surface area (Å²) in [5.41, 5.74) is -1.39. The fourth-order valence-electron chi connectivity index (χ4n) is 1.35. The largest absolute Gasteiger partial charge is 0.481 e. The summed E-state index contributed by atoms with van der Waals surface area (Å²) in [6.07, 6.45) is 1.54. The molecule has 0 bridgehead atoms. The zero-order valence-electron chi connectivity index (χ0n) is 12.1. The van der Waals surface area contributed by atoms with Gasteiger partial charge in [-0.2, -0.15) is 10.2 Å². The highest BCUT2D eigenvalue weighted by molar-refractivity contribution is 5.79. The van der Waals surface area contributed by atoms with E-state index < -0.39 is 23.0 Å². The monoisotopic (exact) mass is 280 g/mol. The molecule has 0 saturated carbocycles. The number of urea groups is 1. The van der Waals surface area contributed by atoms with E-state index in [1.54, 1.807) is 46.0 Å². The van der Waals surface area contributed by atoms with Crippen LogP contribution in [0.3, 0.4) is 0 Å². The molecule has 0 unspecified atom stereocenters. The molecule has 2 amide bonds. The van der Waals surface area contributed by atoms with Crippen molar-refractivity contribution in [3.05, 3.63) is 24.0 Å². The van der Waals surface area contributed by atoms with Gasteiger partial charge in [-0.1, -0.05) is 0 Å². The maximum atomic E-state index is 11.8. The second kappa shape index (κ2) is 5.85. The maximum absolute atomic E-state index is 11.8. The molecule has 0 fully saturated rings. The maximum Gasteiger partial charge on any atom is 0.315 e. The summed E-state index contributed by atoms with van der Waals surface area (Å²) < 4.78 is 0. The molecule has 20 heavy (non-hydrogen) atoms. The Morgan fingerprint density at radius 2 is 1.95 bits per heavy atom. The van der Waals surface area contributed by atoms with Crippen LogP contribution in [0.2, 0.25) is 0 Å². The highest BCUT2D eigenvalue weighted by atomic mass is 16.4. The van der Waals surface area contributed by atoms with Gasteiger partial charge in [0, 0.05) is 6.20 Å². The Balaban J connectivity index is 2.60. The molecule has 1 rings (SSSR count). The number of carboxylic acids is 1. The lowest BCUT2D eigenvalue weighted by atomic mass is 9.74. The van der Waals surface area contributed by atoms with Gasteiger partial charge in [-0.05, 0) is 39.8 Å². The lowest BCUT2D eigenvalue weighted by molar-refractivity contribution is -0.150. The van der Waals surface area contributed by atoms with Crippen LogP contribution in [0.5, 0.6) is 0 Å². The third-order valence-corrected chi connectivity index (χ3v) is 3.58. The molecule has 7 nitrogen and oxygen atoms in total. The fourth-order valence-corrected chi connectivity index (χ4v) is 1.35. The lowest BCUT2D eigenvalue weighted by Gasteiger charge is -2.38. The van der Waals surface area contributed by atoms with E-state index in [1.807, 2.05) is 0 Å². The van der Waals surface area contributed by atoms with Crippen LogP contribution in [0.4, 0.5) is 4.79 Å². The molecule has 0 radical (unpaired) electrons. The van der Waals surface area contributed by atoms with Crippen molar-refractivity contribution in [2.75, 3.05) is 0 Å². The van der Waals surface area contributed by atoms with Gasteiger partial charge < -0.3 is 15.7 Å². The van der Waals surface area contributed by atoms with Gasteiger partial charge in [0.2, 0.25) is 0 Å². The minimum Gasteiger partial charge on any atom is -0.481 e. The summed E-state index contributed by atoms with van der Waals surface area (Å²) in [4.78, 5) is 23.1. The quantitative estimate of drug-likeness (QED) is 0.751. The Labute approximate surface area is 117 Å². The van der Waals surface area contributed by atoms with E-state index >= 15 is 0 Å². The highest BCUT2D eigenvalue weighted by Gasteiger charge is 2.44. The van der Waals surface area contributed by atoms with Crippen molar-refractivity contribution < 1.29 is 14.7 Å². The Hall–Kier alpha value is -2.18. The van der Waals surface area contributed by atoms with Crippen molar-refractivity contribution in [1.82, 2.24) is 20.8 Å². The summed E-state index contributed by atoms with van der Waals surface area (Å²) in [7, 11) is 0. The fraction of sp³-hybridized carbons (Fsp3) is 0.538. The number of carboxylic acid groups (broad SMARTS) is 1. The zero-order valence-corrected chi connectivity index (χ0v) is 12.1. The van der Waals surface area contributed by atoms with Crippen molar-refractivity contribution in [2.24, 2.45) is 5.41 Å². The Kier molecular flexibility index (Phi) is 4.65. The molecule has 0 saturated heterocycles. The summed E-state index contributed by atoms with van der Waals surface area (Å²) in [6, 6.07) is 3.01. The molecule has 0 aromatic carbocycles. The summed E-state index contributed by atoms with van der Waals surface area (Å²) in [5, 5.41) is 22.0. The van der Waals surface area contributed by atoms with Gasteiger partial charge in [0.1, 0.15) is 0 Å². The highest BCUT2D eigenvalue weighted by Crippen LogP contribution is 2.30. The topological polar surface area (TPSA) is 104 Å². The van der Waals surface area contributed by atoms with E-state index in [0.29, 0.717) is 5.69 Å². The van der Waals surface area contributed by atoms with Crippen molar-refractivity contribution in [3.8, 4) is 0 Å². The van der Waals surface area contributed by atoms with Crippen LogP contribution in [-0.2, 0) is 11.3 Å². The van der Waals surface area contributed by atoms with Crippen molar-refractivity contribution in [2.45, 2.75) is 39.8 Å². The summed E-state index contributed by atoms with van der Waals surface area (Å²) >= 11 is 0. The van der Waals surface area contributed by atoms with Gasteiger partial charge in [0.25, 0.3) is 0 Å². The van der Waals surface area contributed by atoms with Crippen LogP contribution >= 0.6 is 0 Å². The van der Waals surface area contributed by atoms with Crippen molar-refractivity contribution >= 4 is 12.0 Å². The first-order valence-corrected chi connectivity index (χ1v) is 6.23. The molecule has 1 aromatic rings. The molecule has 0 aliphatic heterocycles. The Morgan fingerprint density at radius 3 is 2.45 bits per heavy atom. The molecular formula is C13H20N4O3. The molecule has 1 heterocycles. The van der Waals surface area contributed by atoms with Crippen molar-refractivity contribution in [3.63, 3.8) is 0 Å². The van der Waals surface area contributed by atoms with Gasteiger partial charge in [-0.15, -0.1) is 0 Å². The predicted molar refractivity (Wildman–Crippen MR) is 72.9 cm³/mol. The van der Waals surface area contributed by atoms with Crippen molar-refractivity contribution in [1.29, 1.82) is 0 Å². The second-order valence-electron chi connectivity index (χ2n) is 5.58. The number of hydrogen-bond donors (Lipinski definition) is 3. The second-order valence-corrected chi connectivity index (χ2v) is 5.58. The van der Waals surface area contributed by atoms with Gasteiger partial charge in [-0.3, -0.25) is 4.79 Å². The number of nitrogens with one attached hydrogen (secondary N) is 2. The first kappa shape index (κ1) is 15.9. The number of hydrogen-bond acceptors (Lipinski definition) is 4.